The number of methoxy groups -OCH3 is 2. The first-order valence-corrected chi connectivity index (χ1v) is 4.33. The average molecular weight is 210 g/mol. The minimum Gasteiger partial charge on any atom is -0.496 e. The normalized spacial score (nSPS) is 9.80. The topological polar surface area (TPSA) is 87.6 Å². The zero-order valence-electron chi connectivity index (χ0n) is 8.96. The lowest BCUT2D eigenvalue weighted by Gasteiger charge is -2.13. The lowest BCUT2D eigenvalue weighted by atomic mass is 10.0. The number of nitrogen functional groups attached to an aromatic ring is 2. The number of nitrogens with two attached hydrogens (primary N) is 2. The van der Waals surface area contributed by atoms with Crippen molar-refractivity contribution in [2.45, 2.75) is 6.92 Å². The van der Waals surface area contributed by atoms with E-state index in [1.807, 2.05) is 0 Å². The van der Waals surface area contributed by atoms with Crippen molar-refractivity contribution in [3.8, 4) is 5.75 Å². The van der Waals surface area contributed by atoms with E-state index in [2.05, 4.69) is 4.74 Å². The maximum Gasteiger partial charge on any atom is 0.340 e. The van der Waals surface area contributed by atoms with Gasteiger partial charge in [0, 0.05) is 11.6 Å². The Morgan fingerprint density at radius 1 is 1.33 bits per heavy atom. The first-order valence-electron chi connectivity index (χ1n) is 4.33. The summed E-state index contributed by atoms with van der Waals surface area (Å²) < 4.78 is 9.70. The first-order chi connectivity index (χ1) is 7.02. The molecule has 82 valence electrons. The Kier molecular flexibility index (Phi) is 3.04. The lowest BCUT2D eigenvalue weighted by molar-refractivity contribution is 0.0600. The van der Waals surface area contributed by atoms with Crippen LogP contribution in [0.4, 0.5) is 11.4 Å². The molecule has 0 saturated carbocycles. The monoisotopic (exact) mass is 210 g/mol. The van der Waals surface area contributed by atoms with Crippen LogP contribution in [-0.2, 0) is 4.74 Å². The molecular weight excluding hydrogens is 196 g/mol. The van der Waals surface area contributed by atoms with Crippen molar-refractivity contribution >= 4 is 17.3 Å². The van der Waals surface area contributed by atoms with Crippen LogP contribution in [0.5, 0.6) is 5.75 Å². The number of hydrogen-bond acceptors (Lipinski definition) is 5. The van der Waals surface area contributed by atoms with Gasteiger partial charge in [0.15, 0.2) is 0 Å². The van der Waals surface area contributed by atoms with Crippen molar-refractivity contribution in [2.24, 2.45) is 0 Å². The molecule has 5 heteroatoms. The fraction of sp³-hybridized carbons (Fsp3) is 0.300. The van der Waals surface area contributed by atoms with Crippen molar-refractivity contribution in [3.05, 3.63) is 17.2 Å². The summed E-state index contributed by atoms with van der Waals surface area (Å²) in [7, 11) is 2.79. The van der Waals surface area contributed by atoms with Crippen LogP contribution in [0.1, 0.15) is 15.9 Å². The number of carbonyl (C=O) groups excluding carboxylic acids is 1. The molecule has 0 saturated heterocycles. The van der Waals surface area contributed by atoms with Gasteiger partial charge in [0.05, 0.1) is 31.2 Å². The average Bonchev–Trinajstić information content (AvgIpc) is 2.23. The fourth-order valence-corrected chi connectivity index (χ4v) is 1.37. The van der Waals surface area contributed by atoms with Gasteiger partial charge in [-0.25, -0.2) is 4.79 Å². The first kappa shape index (κ1) is 11.2. The molecule has 5 nitrogen and oxygen atoms in total. The predicted octanol–water partition coefficient (Wildman–Crippen LogP) is 0.955. The summed E-state index contributed by atoms with van der Waals surface area (Å²) in [5.41, 5.74) is 12.8. The molecule has 0 spiro atoms. The molecule has 0 heterocycles. The molecule has 0 fully saturated rings. The van der Waals surface area contributed by atoms with Crippen LogP contribution in [0.15, 0.2) is 6.07 Å². The van der Waals surface area contributed by atoms with Gasteiger partial charge in [-0.05, 0) is 6.92 Å². The molecule has 0 bridgehead atoms. The number of rotatable bonds is 2. The maximum atomic E-state index is 11.5. The number of carbonyl (C=O) groups is 1. The van der Waals surface area contributed by atoms with E-state index < -0.39 is 5.97 Å². The molecule has 0 unspecified atom stereocenters. The van der Waals surface area contributed by atoms with E-state index in [1.165, 1.54) is 14.2 Å². The second kappa shape index (κ2) is 4.08. The van der Waals surface area contributed by atoms with Crippen molar-refractivity contribution in [2.75, 3.05) is 25.7 Å². The molecule has 1 rings (SSSR count). The Morgan fingerprint density at radius 2 is 1.93 bits per heavy atom. The SMILES string of the molecule is COC(=O)c1c(C)c(OC)cc(N)c1N. The van der Waals surface area contributed by atoms with E-state index in [4.69, 9.17) is 16.2 Å². The van der Waals surface area contributed by atoms with Gasteiger partial charge in [-0.15, -0.1) is 0 Å². The van der Waals surface area contributed by atoms with E-state index in [-0.39, 0.29) is 11.3 Å². The summed E-state index contributed by atoms with van der Waals surface area (Å²) in [6.45, 7) is 1.72. The van der Waals surface area contributed by atoms with Gasteiger partial charge in [-0.2, -0.15) is 0 Å². The van der Waals surface area contributed by atoms with Crippen LogP contribution in [0, 0.1) is 6.92 Å². The van der Waals surface area contributed by atoms with Crippen LogP contribution in [0.2, 0.25) is 0 Å². The number of esters is 1. The summed E-state index contributed by atoms with van der Waals surface area (Å²) in [5, 5.41) is 0. The Morgan fingerprint density at radius 3 is 2.40 bits per heavy atom. The Bertz CT molecular complexity index is 402. The second-order valence-electron chi connectivity index (χ2n) is 3.07. The predicted molar refractivity (Wildman–Crippen MR) is 57.9 cm³/mol. The smallest absolute Gasteiger partial charge is 0.340 e. The molecule has 0 aliphatic carbocycles. The Hall–Kier alpha value is -1.91. The summed E-state index contributed by atoms with van der Waals surface area (Å²) in [6.07, 6.45) is 0. The molecule has 0 aromatic heterocycles. The highest BCUT2D eigenvalue weighted by Gasteiger charge is 2.19. The molecule has 15 heavy (non-hydrogen) atoms. The highest BCUT2D eigenvalue weighted by Crippen LogP contribution is 2.32. The third-order valence-electron chi connectivity index (χ3n) is 2.22. The number of ether oxygens (including phenoxy) is 2. The molecule has 1 aromatic rings. The molecule has 0 atom stereocenters. The van der Waals surface area contributed by atoms with Crippen molar-refractivity contribution in [3.63, 3.8) is 0 Å². The third kappa shape index (κ3) is 1.81. The zero-order valence-corrected chi connectivity index (χ0v) is 8.96. The quantitative estimate of drug-likeness (QED) is 0.560. The van der Waals surface area contributed by atoms with Crippen molar-refractivity contribution in [1.29, 1.82) is 0 Å². The summed E-state index contributed by atoms with van der Waals surface area (Å²) in [6, 6.07) is 1.58. The minimum atomic E-state index is -0.518. The standard InChI is InChI=1S/C10H14N2O3/c1-5-7(14-2)4-6(11)9(12)8(5)10(13)15-3/h4H,11-12H2,1-3H3. The van der Waals surface area contributed by atoms with Gasteiger partial charge in [-0.1, -0.05) is 0 Å². The minimum absolute atomic E-state index is 0.222. The van der Waals surface area contributed by atoms with E-state index in [0.29, 0.717) is 17.0 Å². The van der Waals surface area contributed by atoms with Gasteiger partial charge in [0.1, 0.15) is 5.75 Å². The Labute approximate surface area is 88.0 Å². The Balaban J connectivity index is 3.47. The summed E-state index contributed by atoms with van der Waals surface area (Å²) in [5.74, 6) is -0.00213. The van der Waals surface area contributed by atoms with Crippen molar-refractivity contribution < 1.29 is 14.3 Å². The second-order valence-corrected chi connectivity index (χ2v) is 3.07. The van der Waals surface area contributed by atoms with E-state index in [9.17, 15) is 4.79 Å². The maximum absolute atomic E-state index is 11.5. The van der Waals surface area contributed by atoms with Crippen LogP contribution in [0.3, 0.4) is 0 Å². The summed E-state index contributed by atoms with van der Waals surface area (Å²) >= 11 is 0. The van der Waals surface area contributed by atoms with Crippen LogP contribution >= 0.6 is 0 Å². The molecule has 0 amide bonds. The third-order valence-corrected chi connectivity index (χ3v) is 2.22. The van der Waals surface area contributed by atoms with Crippen LogP contribution in [-0.4, -0.2) is 20.2 Å². The van der Waals surface area contributed by atoms with Crippen LogP contribution in [0.25, 0.3) is 0 Å². The zero-order chi connectivity index (χ0) is 11.6. The van der Waals surface area contributed by atoms with Gasteiger partial charge in [0.25, 0.3) is 0 Å². The summed E-state index contributed by atoms with van der Waals surface area (Å²) in [4.78, 5) is 11.5. The van der Waals surface area contributed by atoms with Crippen LogP contribution < -0.4 is 16.2 Å². The lowest BCUT2D eigenvalue weighted by Crippen LogP contribution is -2.11. The molecule has 1 aromatic carbocycles. The molecule has 4 N–H and O–H groups in total. The molecule has 0 radical (unpaired) electrons. The van der Waals surface area contributed by atoms with Gasteiger partial charge < -0.3 is 20.9 Å². The molecular formula is C10H14N2O3. The molecule has 0 aliphatic heterocycles. The number of hydrogen-bond donors (Lipinski definition) is 2. The number of anilines is 2. The highest BCUT2D eigenvalue weighted by atomic mass is 16.5. The largest absolute Gasteiger partial charge is 0.496 e. The van der Waals surface area contributed by atoms with Gasteiger partial charge in [0.2, 0.25) is 0 Å². The fourth-order valence-electron chi connectivity index (χ4n) is 1.37. The van der Waals surface area contributed by atoms with E-state index >= 15 is 0 Å². The number of benzene rings is 1. The van der Waals surface area contributed by atoms with Gasteiger partial charge in [-0.3, -0.25) is 0 Å². The van der Waals surface area contributed by atoms with E-state index in [1.54, 1.807) is 13.0 Å². The highest BCUT2D eigenvalue weighted by molar-refractivity contribution is 6.00. The molecule has 0 aliphatic rings. The van der Waals surface area contributed by atoms with Gasteiger partial charge >= 0.3 is 5.97 Å². The van der Waals surface area contributed by atoms with Crippen molar-refractivity contribution in [1.82, 2.24) is 0 Å². The van der Waals surface area contributed by atoms with E-state index in [0.717, 1.165) is 0 Å².